The van der Waals surface area contributed by atoms with Crippen LogP contribution in [0.3, 0.4) is 0 Å². The summed E-state index contributed by atoms with van der Waals surface area (Å²) in [4.78, 5) is 0. The lowest BCUT2D eigenvalue weighted by molar-refractivity contribution is 0.212. The van der Waals surface area contributed by atoms with Gasteiger partial charge in [-0.1, -0.05) is 75.1 Å². The molecule has 1 nitrogen and oxygen atoms in total. The van der Waals surface area contributed by atoms with Crippen LogP contribution < -0.4 is 0 Å². The molecule has 1 heteroatoms. The summed E-state index contributed by atoms with van der Waals surface area (Å²) in [5, 5.41) is 0. The first-order chi connectivity index (χ1) is 9.65. The Labute approximate surface area is 122 Å². The van der Waals surface area contributed by atoms with Gasteiger partial charge in [-0.3, -0.25) is 0 Å². The van der Waals surface area contributed by atoms with Crippen molar-refractivity contribution in [3.63, 3.8) is 0 Å². The lowest BCUT2D eigenvalue weighted by Crippen LogP contribution is -2.05. The Morgan fingerprint density at radius 3 is 2.65 bits per heavy atom. The second kappa shape index (κ2) is 6.95. The maximum absolute atomic E-state index is 5.63. The molecule has 1 aromatic rings. The number of hydrogen-bond acceptors (Lipinski definition) is 1. The van der Waals surface area contributed by atoms with Gasteiger partial charge in [0.1, 0.15) is 12.4 Å². The van der Waals surface area contributed by atoms with E-state index in [2.05, 4.69) is 44.7 Å². The van der Waals surface area contributed by atoms with Gasteiger partial charge in [-0.15, -0.1) is 0 Å². The third kappa shape index (κ3) is 4.27. The third-order valence-corrected chi connectivity index (χ3v) is 3.61. The molecule has 0 aliphatic heterocycles. The van der Waals surface area contributed by atoms with Crippen molar-refractivity contribution in [1.82, 2.24) is 0 Å². The van der Waals surface area contributed by atoms with Gasteiger partial charge in [0, 0.05) is 0 Å². The molecule has 0 radical (unpaired) electrons. The van der Waals surface area contributed by atoms with Crippen LogP contribution in [0.1, 0.15) is 19.4 Å². The maximum atomic E-state index is 5.63. The summed E-state index contributed by atoms with van der Waals surface area (Å²) in [7, 11) is 0. The van der Waals surface area contributed by atoms with Crippen LogP contribution in [-0.2, 0) is 11.3 Å². The number of hydrogen-bond donors (Lipinski definition) is 0. The summed E-state index contributed by atoms with van der Waals surface area (Å²) in [6, 6.07) is 10.1. The van der Waals surface area contributed by atoms with Crippen LogP contribution in [0.4, 0.5) is 0 Å². The minimum absolute atomic E-state index is 0.562. The van der Waals surface area contributed by atoms with Crippen LogP contribution in [0.15, 0.2) is 78.6 Å². The largest absolute Gasteiger partial charge is 0.490 e. The Bertz CT molecular complexity index is 534. The Balaban J connectivity index is 1.84. The van der Waals surface area contributed by atoms with Crippen molar-refractivity contribution in [2.24, 2.45) is 11.8 Å². The Hall–Kier alpha value is -2.02. The molecule has 0 saturated carbocycles. The lowest BCUT2D eigenvalue weighted by atomic mass is 9.88. The van der Waals surface area contributed by atoms with Gasteiger partial charge in [0.15, 0.2) is 0 Å². The van der Waals surface area contributed by atoms with Crippen LogP contribution in [-0.4, -0.2) is 0 Å². The van der Waals surface area contributed by atoms with E-state index in [1.807, 2.05) is 36.4 Å². The fourth-order valence-corrected chi connectivity index (χ4v) is 2.05. The molecular formula is C19H22O. The van der Waals surface area contributed by atoms with E-state index in [1.54, 1.807) is 0 Å². The SMILES string of the molecule is C=C(/C=C/C1=CC(C)C(C)C=C1)OCc1ccccc1. The smallest absolute Gasteiger partial charge is 0.113 e. The minimum atomic E-state index is 0.562. The van der Waals surface area contributed by atoms with Crippen molar-refractivity contribution in [3.8, 4) is 0 Å². The molecule has 2 unspecified atom stereocenters. The second-order valence-corrected chi connectivity index (χ2v) is 5.32. The quantitative estimate of drug-likeness (QED) is 0.536. The molecule has 2 atom stereocenters. The first kappa shape index (κ1) is 14.4. The Kier molecular flexibility index (Phi) is 5.00. The average Bonchev–Trinajstić information content (AvgIpc) is 2.47. The number of rotatable bonds is 5. The summed E-state index contributed by atoms with van der Waals surface area (Å²) in [5.74, 6) is 1.89. The average molecular weight is 266 g/mol. The molecule has 0 fully saturated rings. The molecule has 2 rings (SSSR count). The second-order valence-electron chi connectivity index (χ2n) is 5.32. The molecule has 20 heavy (non-hydrogen) atoms. The topological polar surface area (TPSA) is 9.23 Å². The predicted octanol–water partition coefficient (Wildman–Crippen LogP) is 5.04. The molecule has 0 aromatic heterocycles. The van der Waals surface area contributed by atoms with Gasteiger partial charge >= 0.3 is 0 Å². The standard InChI is InChI=1S/C19H22O/c1-15-9-11-18(13-16(15)2)12-10-17(3)20-14-19-7-5-4-6-8-19/h4-13,15-16H,3,14H2,1-2H3/b12-10+. The van der Waals surface area contributed by atoms with Crippen LogP contribution in [0.2, 0.25) is 0 Å². The summed E-state index contributed by atoms with van der Waals surface area (Å²) in [6.45, 7) is 8.96. The summed E-state index contributed by atoms with van der Waals surface area (Å²) in [6.07, 6.45) is 10.7. The van der Waals surface area contributed by atoms with E-state index in [0.717, 1.165) is 5.56 Å². The van der Waals surface area contributed by atoms with Crippen molar-refractivity contribution < 1.29 is 4.74 Å². The highest BCUT2D eigenvalue weighted by molar-refractivity contribution is 5.36. The fraction of sp³-hybridized carbons (Fsp3) is 0.263. The van der Waals surface area contributed by atoms with Crippen LogP contribution in [0.25, 0.3) is 0 Å². The molecule has 0 N–H and O–H groups in total. The van der Waals surface area contributed by atoms with Gasteiger partial charge in [0.2, 0.25) is 0 Å². The minimum Gasteiger partial charge on any atom is -0.490 e. The summed E-state index contributed by atoms with van der Waals surface area (Å²) < 4.78 is 5.63. The highest BCUT2D eigenvalue weighted by Crippen LogP contribution is 2.22. The van der Waals surface area contributed by atoms with E-state index in [0.29, 0.717) is 24.2 Å². The maximum Gasteiger partial charge on any atom is 0.113 e. The van der Waals surface area contributed by atoms with Gasteiger partial charge < -0.3 is 4.74 Å². The molecule has 0 amide bonds. The molecule has 0 heterocycles. The molecule has 0 spiro atoms. The van der Waals surface area contributed by atoms with E-state index < -0.39 is 0 Å². The van der Waals surface area contributed by atoms with E-state index in [1.165, 1.54) is 5.57 Å². The molecule has 1 aliphatic rings. The Morgan fingerprint density at radius 2 is 1.95 bits per heavy atom. The van der Waals surface area contributed by atoms with Crippen LogP contribution >= 0.6 is 0 Å². The van der Waals surface area contributed by atoms with Gasteiger partial charge in [-0.25, -0.2) is 0 Å². The van der Waals surface area contributed by atoms with Gasteiger partial charge in [-0.2, -0.15) is 0 Å². The summed E-state index contributed by atoms with van der Waals surface area (Å²) in [5.41, 5.74) is 2.38. The van der Waals surface area contributed by atoms with Crippen LogP contribution in [0.5, 0.6) is 0 Å². The summed E-state index contributed by atoms with van der Waals surface area (Å²) >= 11 is 0. The van der Waals surface area contributed by atoms with E-state index in [4.69, 9.17) is 4.74 Å². The van der Waals surface area contributed by atoms with Crippen molar-refractivity contribution >= 4 is 0 Å². The van der Waals surface area contributed by atoms with Gasteiger partial charge in [-0.05, 0) is 29.0 Å². The van der Waals surface area contributed by atoms with Crippen LogP contribution in [0, 0.1) is 11.8 Å². The monoisotopic (exact) mass is 266 g/mol. The predicted molar refractivity (Wildman–Crippen MR) is 85.1 cm³/mol. The highest BCUT2D eigenvalue weighted by atomic mass is 16.5. The van der Waals surface area contributed by atoms with Crippen molar-refractivity contribution in [3.05, 3.63) is 84.2 Å². The molecule has 104 valence electrons. The third-order valence-electron chi connectivity index (χ3n) is 3.61. The fourth-order valence-electron chi connectivity index (χ4n) is 2.05. The first-order valence-electron chi connectivity index (χ1n) is 7.09. The van der Waals surface area contributed by atoms with Gasteiger partial charge in [0.25, 0.3) is 0 Å². The van der Waals surface area contributed by atoms with Gasteiger partial charge in [0.05, 0.1) is 0 Å². The lowest BCUT2D eigenvalue weighted by Gasteiger charge is -2.17. The Morgan fingerprint density at radius 1 is 1.20 bits per heavy atom. The number of ether oxygens (including phenoxy) is 1. The van der Waals surface area contributed by atoms with Crippen molar-refractivity contribution in [2.45, 2.75) is 20.5 Å². The normalized spacial score (nSPS) is 21.8. The van der Waals surface area contributed by atoms with E-state index in [9.17, 15) is 0 Å². The molecule has 0 bridgehead atoms. The number of allylic oxidation sites excluding steroid dienone is 6. The zero-order valence-corrected chi connectivity index (χ0v) is 12.3. The van der Waals surface area contributed by atoms with E-state index in [-0.39, 0.29) is 0 Å². The van der Waals surface area contributed by atoms with Crippen molar-refractivity contribution in [2.75, 3.05) is 0 Å². The number of benzene rings is 1. The van der Waals surface area contributed by atoms with Crippen molar-refractivity contribution in [1.29, 1.82) is 0 Å². The molecule has 1 aliphatic carbocycles. The molecule has 0 saturated heterocycles. The zero-order valence-electron chi connectivity index (χ0n) is 12.3. The highest BCUT2D eigenvalue weighted by Gasteiger charge is 2.10. The molecule has 1 aromatic carbocycles. The molecular weight excluding hydrogens is 244 g/mol. The zero-order chi connectivity index (χ0) is 14.4. The first-order valence-corrected chi connectivity index (χ1v) is 7.09. The van der Waals surface area contributed by atoms with E-state index >= 15 is 0 Å².